The second-order valence-corrected chi connectivity index (χ2v) is 7.51. The van der Waals surface area contributed by atoms with Crippen LogP contribution in [0.15, 0.2) is 69.9 Å². The number of benzene rings is 3. The fraction of sp³-hybridized carbons (Fsp3) is 0.120. The molecule has 7 heteroatoms. The number of carbonyl (C=O) groups is 1. The molecule has 0 bridgehead atoms. The van der Waals surface area contributed by atoms with Gasteiger partial charge < -0.3 is 24.1 Å². The van der Waals surface area contributed by atoms with Crippen LogP contribution in [0.4, 0.5) is 0 Å². The molecule has 4 aromatic rings. The number of carbonyl (C=O) groups excluding carboxylic acids is 1. The van der Waals surface area contributed by atoms with Crippen molar-refractivity contribution in [3.05, 3.63) is 82.0 Å². The lowest BCUT2D eigenvalue weighted by molar-refractivity contribution is -0.135. The number of methoxy groups -OCH3 is 1. The van der Waals surface area contributed by atoms with E-state index in [1.807, 2.05) is 18.2 Å². The minimum Gasteiger partial charge on any atom is -0.508 e. The lowest BCUT2D eigenvalue weighted by atomic mass is 9.84. The summed E-state index contributed by atoms with van der Waals surface area (Å²) in [6.45, 7) is 0. The van der Waals surface area contributed by atoms with E-state index in [1.54, 1.807) is 25.3 Å². The average molecular weight is 430 g/mol. The maximum atomic E-state index is 13.0. The van der Waals surface area contributed by atoms with Crippen LogP contribution in [0.25, 0.3) is 22.3 Å². The highest BCUT2D eigenvalue weighted by molar-refractivity contribution is 5.93. The predicted octanol–water partition coefficient (Wildman–Crippen LogP) is 4.32. The minimum atomic E-state index is -0.510. The first kappa shape index (κ1) is 19.7. The van der Waals surface area contributed by atoms with Gasteiger partial charge in [0.1, 0.15) is 39.7 Å². The molecule has 1 aliphatic heterocycles. The third kappa shape index (κ3) is 3.15. The molecule has 1 atom stereocenters. The number of aromatic hydroxyl groups is 2. The Morgan fingerprint density at radius 1 is 1.00 bits per heavy atom. The van der Waals surface area contributed by atoms with Gasteiger partial charge in [0.05, 0.1) is 13.5 Å². The van der Waals surface area contributed by atoms with Gasteiger partial charge in [-0.3, -0.25) is 9.59 Å². The molecule has 32 heavy (non-hydrogen) atoms. The molecule has 0 aliphatic carbocycles. The molecule has 1 aliphatic rings. The summed E-state index contributed by atoms with van der Waals surface area (Å²) in [7, 11) is 1.54. The zero-order valence-electron chi connectivity index (χ0n) is 17.0. The maximum absolute atomic E-state index is 13.0. The topological polar surface area (TPSA) is 106 Å². The van der Waals surface area contributed by atoms with Gasteiger partial charge in [-0.05, 0) is 30.3 Å². The van der Waals surface area contributed by atoms with Gasteiger partial charge in [0.25, 0.3) is 0 Å². The summed E-state index contributed by atoms with van der Waals surface area (Å²) in [4.78, 5) is 25.4. The van der Waals surface area contributed by atoms with E-state index in [0.29, 0.717) is 16.9 Å². The Hall–Kier alpha value is -4.26. The number of fused-ring (bicyclic) bond motifs is 3. The first-order valence-electron chi connectivity index (χ1n) is 9.93. The monoisotopic (exact) mass is 430 g/mol. The van der Waals surface area contributed by atoms with Crippen LogP contribution in [0.1, 0.15) is 23.5 Å². The zero-order valence-corrected chi connectivity index (χ0v) is 17.0. The first-order chi connectivity index (χ1) is 15.5. The predicted molar refractivity (Wildman–Crippen MR) is 116 cm³/mol. The van der Waals surface area contributed by atoms with Crippen molar-refractivity contribution in [1.29, 1.82) is 0 Å². The number of hydrogen-bond donors (Lipinski definition) is 2. The van der Waals surface area contributed by atoms with Crippen LogP contribution < -0.4 is 14.9 Å². The lowest BCUT2D eigenvalue weighted by Gasteiger charge is -2.27. The fourth-order valence-electron chi connectivity index (χ4n) is 4.15. The molecule has 1 unspecified atom stereocenters. The highest BCUT2D eigenvalue weighted by atomic mass is 16.5. The van der Waals surface area contributed by atoms with Crippen molar-refractivity contribution in [2.75, 3.05) is 7.11 Å². The Balaban J connectivity index is 1.83. The van der Waals surface area contributed by atoms with Crippen LogP contribution >= 0.6 is 0 Å². The van der Waals surface area contributed by atoms with E-state index < -0.39 is 17.3 Å². The summed E-state index contributed by atoms with van der Waals surface area (Å²) < 4.78 is 17.0. The molecular formula is C25H18O7. The largest absolute Gasteiger partial charge is 0.508 e. The van der Waals surface area contributed by atoms with Crippen molar-refractivity contribution >= 4 is 16.9 Å². The van der Waals surface area contributed by atoms with E-state index in [0.717, 1.165) is 5.56 Å². The van der Waals surface area contributed by atoms with Gasteiger partial charge in [-0.1, -0.05) is 18.2 Å². The van der Waals surface area contributed by atoms with E-state index in [2.05, 4.69) is 0 Å². The van der Waals surface area contributed by atoms with Gasteiger partial charge >= 0.3 is 5.97 Å². The van der Waals surface area contributed by atoms with E-state index in [1.165, 1.54) is 24.3 Å². The summed E-state index contributed by atoms with van der Waals surface area (Å²) >= 11 is 0. The van der Waals surface area contributed by atoms with Gasteiger partial charge in [0.2, 0.25) is 0 Å². The van der Waals surface area contributed by atoms with Crippen molar-refractivity contribution < 1.29 is 28.9 Å². The third-order valence-corrected chi connectivity index (χ3v) is 5.59. The summed E-state index contributed by atoms with van der Waals surface area (Å²) in [6, 6.07) is 16.0. The smallest absolute Gasteiger partial charge is 0.312 e. The number of hydrogen-bond acceptors (Lipinski definition) is 7. The molecule has 0 saturated heterocycles. The van der Waals surface area contributed by atoms with Gasteiger partial charge in [0.15, 0.2) is 5.43 Å². The summed E-state index contributed by atoms with van der Waals surface area (Å²) in [5.41, 5.74) is 1.49. The van der Waals surface area contributed by atoms with Crippen LogP contribution in [0, 0.1) is 0 Å². The zero-order chi connectivity index (χ0) is 22.4. The van der Waals surface area contributed by atoms with E-state index >= 15 is 0 Å². The fourth-order valence-corrected chi connectivity index (χ4v) is 4.15. The number of para-hydroxylation sites is 1. The average Bonchev–Trinajstić information content (AvgIpc) is 2.78. The van der Waals surface area contributed by atoms with Crippen molar-refractivity contribution in [2.45, 2.75) is 12.3 Å². The number of phenolic OH excluding ortho intramolecular Hbond substituents is 2. The molecule has 5 rings (SSSR count). The van der Waals surface area contributed by atoms with Crippen LogP contribution in [-0.2, 0) is 4.79 Å². The first-order valence-corrected chi connectivity index (χ1v) is 9.93. The second kappa shape index (κ2) is 7.46. The Labute approximate surface area is 182 Å². The number of rotatable bonds is 3. The molecule has 160 valence electrons. The van der Waals surface area contributed by atoms with Crippen molar-refractivity contribution in [3.63, 3.8) is 0 Å². The van der Waals surface area contributed by atoms with Crippen LogP contribution in [0.3, 0.4) is 0 Å². The van der Waals surface area contributed by atoms with E-state index in [9.17, 15) is 19.8 Å². The normalized spacial score (nSPS) is 15.3. The second-order valence-electron chi connectivity index (χ2n) is 7.51. The number of phenols is 2. The molecule has 0 spiro atoms. The van der Waals surface area contributed by atoms with Gasteiger partial charge in [-0.25, -0.2) is 0 Å². The van der Waals surface area contributed by atoms with Gasteiger partial charge in [-0.15, -0.1) is 0 Å². The molecule has 2 N–H and O–H groups in total. The van der Waals surface area contributed by atoms with E-state index in [-0.39, 0.29) is 40.4 Å². The standard InChI is InChI=1S/C25H18O7/c1-30-19-5-3-2-4-15(19)16-10-22(29)31-21-12-18(28)24-17(27)11-20(32-25(24)23(16)21)13-6-8-14(26)9-7-13/h2-9,11-12,16,26,28H,10H2,1H3. The van der Waals surface area contributed by atoms with E-state index in [4.69, 9.17) is 13.9 Å². The Morgan fingerprint density at radius 3 is 2.50 bits per heavy atom. The summed E-state index contributed by atoms with van der Waals surface area (Å²) in [5.74, 6) is -0.267. The molecule has 0 saturated carbocycles. The maximum Gasteiger partial charge on any atom is 0.312 e. The van der Waals surface area contributed by atoms with Gasteiger partial charge in [0, 0.05) is 34.7 Å². The molecular weight excluding hydrogens is 412 g/mol. The molecule has 7 nitrogen and oxygen atoms in total. The van der Waals surface area contributed by atoms with Gasteiger partial charge in [-0.2, -0.15) is 0 Å². The lowest BCUT2D eigenvalue weighted by Crippen LogP contribution is -2.22. The van der Waals surface area contributed by atoms with Crippen molar-refractivity contribution in [3.8, 4) is 34.3 Å². The van der Waals surface area contributed by atoms with Crippen molar-refractivity contribution in [1.82, 2.24) is 0 Å². The van der Waals surface area contributed by atoms with Crippen molar-refractivity contribution in [2.24, 2.45) is 0 Å². The molecule has 0 amide bonds. The molecule has 0 fully saturated rings. The highest BCUT2D eigenvalue weighted by Gasteiger charge is 2.34. The van der Waals surface area contributed by atoms with Crippen LogP contribution in [0.5, 0.6) is 23.0 Å². The Morgan fingerprint density at radius 2 is 1.75 bits per heavy atom. The third-order valence-electron chi connectivity index (χ3n) is 5.59. The van der Waals surface area contributed by atoms with Crippen LogP contribution in [-0.4, -0.2) is 23.3 Å². The number of ether oxygens (including phenoxy) is 2. The summed E-state index contributed by atoms with van der Waals surface area (Å²) in [5, 5.41) is 20.1. The molecule has 0 radical (unpaired) electrons. The Kier molecular flexibility index (Phi) is 4.59. The Bertz CT molecular complexity index is 1420. The molecule has 2 heterocycles. The summed E-state index contributed by atoms with van der Waals surface area (Å²) in [6.07, 6.45) is 0.0143. The highest BCUT2D eigenvalue weighted by Crippen LogP contribution is 2.47. The molecule has 1 aromatic heterocycles. The quantitative estimate of drug-likeness (QED) is 0.368. The van der Waals surface area contributed by atoms with Crippen LogP contribution in [0.2, 0.25) is 0 Å². The number of esters is 1. The minimum absolute atomic E-state index is 0.00382. The molecule has 3 aromatic carbocycles. The SMILES string of the molecule is COc1ccccc1C1CC(=O)Oc2cc(O)c3c(=O)cc(-c4ccc(O)cc4)oc3c21.